The van der Waals surface area contributed by atoms with Crippen LogP contribution in [-0.4, -0.2) is 11.7 Å². The molecule has 0 saturated carbocycles. The fourth-order valence-corrected chi connectivity index (χ4v) is 3.44. The van der Waals surface area contributed by atoms with Gasteiger partial charge in [-0.1, -0.05) is 53.2 Å². The summed E-state index contributed by atoms with van der Waals surface area (Å²) in [7, 11) is 0. The predicted molar refractivity (Wildman–Crippen MR) is 116 cm³/mol. The molecule has 1 N–H and O–H groups in total. The molecule has 0 aromatic rings. The Bertz CT molecular complexity index is 553. The minimum absolute atomic E-state index is 0.198. The summed E-state index contributed by atoms with van der Waals surface area (Å²) >= 11 is 0. The van der Waals surface area contributed by atoms with Crippen molar-refractivity contribution >= 4 is 0 Å². The van der Waals surface area contributed by atoms with Crippen LogP contribution in [0.5, 0.6) is 0 Å². The molecule has 0 fully saturated rings. The maximum Gasteiger partial charge on any atom is 0.0641 e. The maximum absolute atomic E-state index is 9.51. The lowest BCUT2D eigenvalue weighted by molar-refractivity contribution is 0.326. The smallest absolute Gasteiger partial charge is 0.0641 e. The molecule has 146 valence electrons. The van der Waals surface area contributed by atoms with E-state index in [1.54, 1.807) is 0 Å². The van der Waals surface area contributed by atoms with Crippen molar-refractivity contribution < 1.29 is 5.11 Å². The molecule has 0 amide bonds. The highest BCUT2D eigenvalue weighted by molar-refractivity contribution is 5.12. The van der Waals surface area contributed by atoms with E-state index in [2.05, 4.69) is 58.6 Å². The Morgan fingerprint density at radius 1 is 1.08 bits per heavy atom. The Labute approximate surface area is 162 Å². The largest absolute Gasteiger partial charge is 0.392 e. The van der Waals surface area contributed by atoms with E-state index in [9.17, 15) is 5.11 Å². The molecule has 1 aliphatic carbocycles. The molecule has 0 spiro atoms. The summed E-state index contributed by atoms with van der Waals surface area (Å²) in [5.41, 5.74) is 6.93. The fraction of sp³-hybridized carbons (Fsp3) is 0.600. The zero-order valence-corrected chi connectivity index (χ0v) is 17.6. The summed E-state index contributed by atoms with van der Waals surface area (Å²) in [6.45, 7) is 13.5. The third-order valence-electron chi connectivity index (χ3n) is 5.37. The van der Waals surface area contributed by atoms with Gasteiger partial charge in [-0.05, 0) is 97.0 Å². The Hall–Kier alpha value is -1.34. The molecule has 1 heteroatoms. The Morgan fingerprint density at radius 2 is 1.77 bits per heavy atom. The molecule has 0 radical (unpaired) electrons. The van der Waals surface area contributed by atoms with Crippen molar-refractivity contribution in [3.63, 3.8) is 0 Å². The molecular formula is C25H40O. The van der Waals surface area contributed by atoms with Crippen LogP contribution < -0.4 is 0 Å². The number of hydrogen-bond donors (Lipinski definition) is 1. The lowest BCUT2D eigenvalue weighted by Crippen LogP contribution is -2.04. The lowest BCUT2D eigenvalue weighted by atomic mass is 9.86. The molecule has 1 atom stereocenters. The van der Waals surface area contributed by atoms with Gasteiger partial charge in [0.05, 0.1) is 6.61 Å². The number of aliphatic hydroxyl groups is 1. The molecule has 0 saturated heterocycles. The zero-order valence-electron chi connectivity index (χ0n) is 17.6. The third-order valence-corrected chi connectivity index (χ3v) is 5.37. The highest BCUT2D eigenvalue weighted by atomic mass is 16.3. The van der Waals surface area contributed by atoms with Gasteiger partial charge in [0.25, 0.3) is 0 Å². The van der Waals surface area contributed by atoms with Gasteiger partial charge >= 0.3 is 0 Å². The van der Waals surface area contributed by atoms with Gasteiger partial charge in [0, 0.05) is 0 Å². The molecule has 0 aromatic heterocycles. The standard InChI is InChI=1S/C25H40O/c1-20(2)9-6-12-23(5)25-17-15-21(3)10-7-13-24(19-26)14-8-11-22(4)16-18-25/h9-10,14,16,25-26H,5-8,11-13,15,17-19H2,1-4H3/b21-10+,22-16+,24-14+/t25-/m1/s1. The van der Waals surface area contributed by atoms with Gasteiger partial charge in [-0.15, -0.1) is 0 Å². The van der Waals surface area contributed by atoms with Crippen molar-refractivity contribution in [2.45, 2.75) is 85.5 Å². The minimum atomic E-state index is 0.198. The molecule has 0 heterocycles. The molecule has 1 nitrogen and oxygen atoms in total. The summed E-state index contributed by atoms with van der Waals surface area (Å²) in [4.78, 5) is 0. The Morgan fingerprint density at radius 3 is 2.46 bits per heavy atom. The average Bonchev–Trinajstić information content (AvgIpc) is 2.59. The summed E-state index contributed by atoms with van der Waals surface area (Å²) in [6, 6.07) is 0. The first kappa shape index (κ1) is 22.7. The van der Waals surface area contributed by atoms with E-state index in [0.29, 0.717) is 5.92 Å². The van der Waals surface area contributed by atoms with Gasteiger partial charge in [-0.2, -0.15) is 0 Å². The SMILES string of the molecule is C=C(CCC=C(C)C)[C@H]1C/C=C(\C)CC/C=C(/CO)CC/C=C(\C)CC1. The Balaban J connectivity index is 2.80. The maximum atomic E-state index is 9.51. The van der Waals surface area contributed by atoms with Crippen LogP contribution in [0.4, 0.5) is 0 Å². The lowest BCUT2D eigenvalue weighted by Gasteiger charge is -2.19. The van der Waals surface area contributed by atoms with E-state index in [0.717, 1.165) is 51.4 Å². The fourth-order valence-electron chi connectivity index (χ4n) is 3.44. The summed E-state index contributed by atoms with van der Waals surface area (Å²) in [5.74, 6) is 0.588. The van der Waals surface area contributed by atoms with Gasteiger partial charge in [-0.3, -0.25) is 0 Å². The van der Waals surface area contributed by atoms with Gasteiger partial charge in [0.1, 0.15) is 0 Å². The van der Waals surface area contributed by atoms with Gasteiger partial charge in [0.15, 0.2) is 0 Å². The molecule has 0 aromatic carbocycles. The van der Waals surface area contributed by atoms with E-state index in [-0.39, 0.29) is 6.61 Å². The Kier molecular flexibility index (Phi) is 11.3. The summed E-state index contributed by atoms with van der Waals surface area (Å²) < 4.78 is 0. The predicted octanol–water partition coefficient (Wildman–Crippen LogP) is 7.46. The van der Waals surface area contributed by atoms with Crippen molar-refractivity contribution in [1.82, 2.24) is 0 Å². The van der Waals surface area contributed by atoms with Crippen LogP contribution in [-0.2, 0) is 0 Å². The van der Waals surface area contributed by atoms with Crippen LogP contribution in [0.25, 0.3) is 0 Å². The quantitative estimate of drug-likeness (QED) is 0.507. The van der Waals surface area contributed by atoms with Crippen molar-refractivity contribution in [2.24, 2.45) is 5.92 Å². The number of aliphatic hydroxyl groups excluding tert-OH is 1. The molecule has 0 unspecified atom stereocenters. The first-order valence-corrected chi connectivity index (χ1v) is 10.3. The van der Waals surface area contributed by atoms with Crippen LogP contribution in [0.2, 0.25) is 0 Å². The van der Waals surface area contributed by atoms with Crippen LogP contribution in [0.3, 0.4) is 0 Å². The van der Waals surface area contributed by atoms with Gasteiger partial charge in [0.2, 0.25) is 0 Å². The topological polar surface area (TPSA) is 20.2 Å². The second kappa shape index (κ2) is 12.9. The van der Waals surface area contributed by atoms with E-state index >= 15 is 0 Å². The second-order valence-electron chi connectivity index (χ2n) is 8.15. The van der Waals surface area contributed by atoms with E-state index in [4.69, 9.17) is 0 Å². The third kappa shape index (κ3) is 9.97. The normalized spacial score (nSPS) is 26.3. The monoisotopic (exact) mass is 356 g/mol. The molecule has 1 aliphatic rings. The first-order valence-electron chi connectivity index (χ1n) is 10.3. The molecule has 0 bridgehead atoms. The van der Waals surface area contributed by atoms with E-state index < -0.39 is 0 Å². The van der Waals surface area contributed by atoms with Gasteiger partial charge < -0.3 is 5.11 Å². The van der Waals surface area contributed by atoms with E-state index in [1.807, 2.05) is 0 Å². The van der Waals surface area contributed by atoms with Crippen LogP contribution >= 0.6 is 0 Å². The minimum Gasteiger partial charge on any atom is -0.392 e. The second-order valence-corrected chi connectivity index (χ2v) is 8.15. The zero-order chi connectivity index (χ0) is 19.4. The van der Waals surface area contributed by atoms with E-state index in [1.165, 1.54) is 34.3 Å². The van der Waals surface area contributed by atoms with Crippen LogP contribution in [0.1, 0.15) is 85.5 Å². The molecule has 26 heavy (non-hydrogen) atoms. The number of rotatable bonds is 5. The molecule has 0 aliphatic heterocycles. The van der Waals surface area contributed by atoms with Gasteiger partial charge in [-0.25, -0.2) is 0 Å². The summed E-state index contributed by atoms with van der Waals surface area (Å²) in [5, 5.41) is 9.51. The highest BCUT2D eigenvalue weighted by Crippen LogP contribution is 2.27. The molecule has 1 rings (SSSR count). The summed E-state index contributed by atoms with van der Waals surface area (Å²) in [6.07, 6.45) is 19.2. The van der Waals surface area contributed by atoms with Crippen molar-refractivity contribution in [3.05, 3.63) is 58.7 Å². The number of hydrogen-bond acceptors (Lipinski definition) is 1. The first-order chi connectivity index (χ1) is 12.4. The number of allylic oxidation sites excluding steroid dienone is 8. The van der Waals surface area contributed by atoms with Crippen molar-refractivity contribution in [2.75, 3.05) is 6.61 Å². The van der Waals surface area contributed by atoms with Crippen LogP contribution in [0.15, 0.2) is 58.7 Å². The molecular weight excluding hydrogens is 316 g/mol. The van der Waals surface area contributed by atoms with Crippen molar-refractivity contribution in [1.29, 1.82) is 0 Å². The van der Waals surface area contributed by atoms with Crippen molar-refractivity contribution in [3.8, 4) is 0 Å². The average molecular weight is 357 g/mol. The van der Waals surface area contributed by atoms with Crippen LogP contribution in [0, 0.1) is 5.92 Å². The highest BCUT2D eigenvalue weighted by Gasteiger charge is 2.12.